The predicted octanol–water partition coefficient (Wildman–Crippen LogP) is 2.08. The van der Waals surface area contributed by atoms with Gasteiger partial charge in [0.1, 0.15) is 0 Å². The number of nitrogens with one attached hydrogen (secondary N) is 1. The maximum absolute atomic E-state index is 11.4. The number of benzene rings is 1. The molecule has 0 aromatic heterocycles. The highest BCUT2D eigenvalue weighted by Gasteiger charge is 2.05. The first-order valence-electron chi connectivity index (χ1n) is 5.61. The minimum Gasteiger partial charge on any atom is -0.481 e. The van der Waals surface area contributed by atoms with E-state index in [0.29, 0.717) is 17.7 Å². The number of carbonyl (C=O) groups excluding carboxylic acids is 2. The van der Waals surface area contributed by atoms with Crippen LogP contribution in [-0.2, 0) is 9.59 Å². The van der Waals surface area contributed by atoms with Gasteiger partial charge in [-0.15, -0.1) is 0 Å². The van der Waals surface area contributed by atoms with E-state index in [1.165, 1.54) is 6.92 Å². The quantitative estimate of drug-likeness (QED) is 0.756. The van der Waals surface area contributed by atoms with Gasteiger partial charge < -0.3 is 10.4 Å². The van der Waals surface area contributed by atoms with Gasteiger partial charge in [0.15, 0.2) is 5.78 Å². The van der Waals surface area contributed by atoms with E-state index in [2.05, 4.69) is 5.32 Å². The van der Waals surface area contributed by atoms with Gasteiger partial charge in [-0.25, -0.2) is 0 Å². The van der Waals surface area contributed by atoms with Crippen LogP contribution in [0.1, 0.15) is 36.5 Å². The van der Waals surface area contributed by atoms with Crippen LogP contribution in [0.2, 0.25) is 0 Å². The molecule has 1 rings (SSSR count). The molecule has 0 radical (unpaired) electrons. The van der Waals surface area contributed by atoms with Crippen LogP contribution in [-0.4, -0.2) is 22.8 Å². The maximum Gasteiger partial charge on any atom is 0.303 e. The van der Waals surface area contributed by atoms with Gasteiger partial charge in [-0.3, -0.25) is 14.4 Å². The third-order valence-corrected chi connectivity index (χ3v) is 2.37. The Labute approximate surface area is 105 Å². The first-order valence-corrected chi connectivity index (χ1v) is 5.61. The molecule has 0 atom stereocenters. The van der Waals surface area contributed by atoms with E-state index in [4.69, 9.17) is 5.11 Å². The molecule has 5 nitrogen and oxygen atoms in total. The van der Waals surface area contributed by atoms with Crippen molar-refractivity contribution in [1.29, 1.82) is 0 Å². The van der Waals surface area contributed by atoms with E-state index >= 15 is 0 Å². The first kappa shape index (κ1) is 13.9. The number of hydrogen-bond acceptors (Lipinski definition) is 3. The summed E-state index contributed by atoms with van der Waals surface area (Å²) in [6, 6.07) is 6.56. The highest BCUT2D eigenvalue weighted by molar-refractivity contribution is 5.95. The molecule has 0 bridgehead atoms. The van der Waals surface area contributed by atoms with Gasteiger partial charge in [-0.2, -0.15) is 0 Å². The minimum absolute atomic E-state index is 0.0172. The van der Waals surface area contributed by atoms with Crippen LogP contribution in [0.4, 0.5) is 5.69 Å². The molecule has 1 amide bonds. The molecule has 0 aliphatic carbocycles. The zero-order valence-electron chi connectivity index (χ0n) is 10.1. The molecule has 0 spiro atoms. The average Bonchev–Trinajstić information content (AvgIpc) is 2.29. The number of carbonyl (C=O) groups is 3. The first-order chi connectivity index (χ1) is 8.49. The highest BCUT2D eigenvalue weighted by Crippen LogP contribution is 2.10. The standard InChI is InChI=1S/C13H15NO4/c1-9(15)10-5-7-11(8-6-10)14-12(16)3-2-4-13(17)18/h5-8H,2-4H2,1H3,(H,14,16)(H,17,18). The van der Waals surface area contributed by atoms with E-state index in [-0.39, 0.29) is 24.5 Å². The number of anilines is 1. The fourth-order valence-corrected chi connectivity index (χ4v) is 1.41. The van der Waals surface area contributed by atoms with Crippen molar-refractivity contribution >= 4 is 23.3 Å². The van der Waals surface area contributed by atoms with Gasteiger partial charge in [-0.1, -0.05) is 0 Å². The van der Waals surface area contributed by atoms with Gasteiger partial charge in [0, 0.05) is 24.1 Å². The lowest BCUT2D eigenvalue weighted by molar-refractivity contribution is -0.137. The van der Waals surface area contributed by atoms with Gasteiger partial charge in [0.05, 0.1) is 0 Å². The van der Waals surface area contributed by atoms with Crippen molar-refractivity contribution in [2.45, 2.75) is 26.2 Å². The topological polar surface area (TPSA) is 83.5 Å². The molecule has 2 N–H and O–H groups in total. The SMILES string of the molecule is CC(=O)c1ccc(NC(=O)CCCC(=O)O)cc1. The third-order valence-electron chi connectivity index (χ3n) is 2.37. The number of rotatable bonds is 6. The van der Waals surface area contributed by atoms with Gasteiger partial charge in [-0.05, 0) is 37.6 Å². The molecule has 0 saturated carbocycles. The number of carboxylic acids is 1. The number of amides is 1. The smallest absolute Gasteiger partial charge is 0.303 e. The second-order valence-electron chi connectivity index (χ2n) is 3.93. The Hall–Kier alpha value is -2.17. The van der Waals surface area contributed by atoms with Crippen LogP contribution >= 0.6 is 0 Å². The van der Waals surface area contributed by atoms with Crippen LogP contribution in [0.15, 0.2) is 24.3 Å². The number of ketones is 1. The van der Waals surface area contributed by atoms with Crippen molar-refractivity contribution < 1.29 is 19.5 Å². The summed E-state index contributed by atoms with van der Waals surface area (Å²) in [4.78, 5) is 32.8. The molecule has 5 heteroatoms. The molecule has 0 fully saturated rings. The molecular weight excluding hydrogens is 234 g/mol. The van der Waals surface area contributed by atoms with Crippen molar-refractivity contribution in [2.75, 3.05) is 5.32 Å². The third kappa shape index (κ3) is 4.78. The Morgan fingerprint density at radius 1 is 1.11 bits per heavy atom. The minimum atomic E-state index is -0.909. The number of Topliss-reactive ketones (excluding diaryl/α,β-unsaturated/α-hetero) is 1. The number of carboxylic acid groups (broad SMARTS) is 1. The molecule has 1 aromatic rings. The summed E-state index contributed by atoms with van der Waals surface area (Å²) in [5.41, 5.74) is 1.18. The molecule has 1 aromatic carbocycles. The second kappa shape index (κ2) is 6.54. The molecule has 0 unspecified atom stereocenters. The molecule has 96 valence electrons. The summed E-state index contributed by atoms with van der Waals surface area (Å²) in [6.45, 7) is 1.47. The Morgan fingerprint density at radius 2 is 1.72 bits per heavy atom. The molecule has 0 heterocycles. The largest absolute Gasteiger partial charge is 0.481 e. The Kier molecular flexibility index (Phi) is 5.05. The summed E-state index contributed by atoms with van der Waals surface area (Å²) in [7, 11) is 0. The summed E-state index contributed by atoms with van der Waals surface area (Å²) in [5.74, 6) is -1.17. The molecular formula is C13H15NO4. The Bertz CT molecular complexity index is 451. The van der Waals surface area contributed by atoms with Crippen molar-refractivity contribution in [3.05, 3.63) is 29.8 Å². The molecule has 18 heavy (non-hydrogen) atoms. The normalized spacial score (nSPS) is 9.83. The van der Waals surface area contributed by atoms with Crippen LogP contribution < -0.4 is 5.32 Å². The van der Waals surface area contributed by atoms with Crippen molar-refractivity contribution in [1.82, 2.24) is 0 Å². The fraction of sp³-hybridized carbons (Fsp3) is 0.308. The summed E-state index contributed by atoms with van der Waals surface area (Å²) in [6.07, 6.45) is 0.462. The zero-order chi connectivity index (χ0) is 13.5. The number of hydrogen-bond donors (Lipinski definition) is 2. The summed E-state index contributed by atoms with van der Waals surface area (Å²) < 4.78 is 0. The highest BCUT2D eigenvalue weighted by atomic mass is 16.4. The van der Waals surface area contributed by atoms with Crippen LogP contribution in [0.3, 0.4) is 0 Å². The second-order valence-corrected chi connectivity index (χ2v) is 3.93. The van der Waals surface area contributed by atoms with Crippen LogP contribution in [0, 0.1) is 0 Å². The van der Waals surface area contributed by atoms with E-state index in [0.717, 1.165) is 0 Å². The van der Waals surface area contributed by atoms with Gasteiger partial charge >= 0.3 is 5.97 Å². The van der Waals surface area contributed by atoms with E-state index in [1.54, 1.807) is 24.3 Å². The average molecular weight is 249 g/mol. The Morgan fingerprint density at radius 3 is 2.22 bits per heavy atom. The predicted molar refractivity (Wildman–Crippen MR) is 66.6 cm³/mol. The zero-order valence-corrected chi connectivity index (χ0v) is 10.1. The molecule has 0 saturated heterocycles. The van der Waals surface area contributed by atoms with Crippen molar-refractivity contribution in [3.8, 4) is 0 Å². The van der Waals surface area contributed by atoms with Crippen molar-refractivity contribution in [2.24, 2.45) is 0 Å². The summed E-state index contributed by atoms with van der Waals surface area (Å²) >= 11 is 0. The van der Waals surface area contributed by atoms with E-state index < -0.39 is 5.97 Å². The Balaban J connectivity index is 2.44. The number of aliphatic carboxylic acids is 1. The van der Waals surface area contributed by atoms with Gasteiger partial charge in [0.25, 0.3) is 0 Å². The molecule has 0 aliphatic rings. The van der Waals surface area contributed by atoms with Crippen LogP contribution in [0.5, 0.6) is 0 Å². The van der Waals surface area contributed by atoms with Gasteiger partial charge in [0.2, 0.25) is 5.91 Å². The maximum atomic E-state index is 11.4. The lowest BCUT2D eigenvalue weighted by Gasteiger charge is -2.05. The monoisotopic (exact) mass is 249 g/mol. The lowest BCUT2D eigenvalue weighted by atomic mass is 10.1. The molecule has 0 aliphatic heterocycles. The van der Waals surface area contributed by atoms with Crippen molar-refractivity contribution in [3.63, 3.8) is 0 Å². The summed E-state index contributed by atoms with van der Waals surface area (Å²) in [5, 5.41) is 11.1. The van der Waals surface area contributed by atoms with Crippen LogP contribution in [0.25, 0.3) is 0 Å². The van der Waals surface area contributed by atoms with E-state index in [9.17, 15) is 14.4 Å². The lowest BCUT2D eigenvalue weighted by Crippen LogP contribution is -2.11. The van der Waals surface area contributed by atoms with E-state index in [1.807, 2.05) is 0 Å². The fourth-order valence-electron chi connectivity index (χ4n) is 1.41.